The number of carboxylic acids is 2. The van der Waals surface area contributed by atoms with E-state index in [1.54, 1.807) is 0 Å². The van der Waals surface area contributed by atoms with E-state index in [-0.39, 0.29) is 0 Å². The van der Waals surface area contributed by atoms with Crippen molar-refractivity contribution in [1.82, 2.24) is 0 Å². The fourth-order valence-electron chi connectivity index (χ4n) is 4.08. The van der Waals surface area contributed by atoms with Gasteiger partial charge in [-0.05, 0) is 100 Å². The highest BCUT2D eigenvalue weighted by Crippen LogP contribution is 2.51. The molecule has 3 rings (SSSR count). The third kappa shape index (κ3) is 3.94. The number of benzene rings is 1. The third-order valence-corrected chi connectivity index (χ3v) is 6.63. The zero-order chi connectivity index (χ0) is 18.9. The number of aryl methyl sites for hydroxylation is 4. The van der Waals surface area contributed by atoms with Crippen molar-refractivity contribution < 1.29 is 19.8 Å². The first-order valence-corrected chi connectivity index (χ1v) is 9.84. The highest BCUT2D eigenvalue weighted by molar-refractivity contribution is 5.78. The Morgan fingerprint density at radius 2 is 1.15 bits per heavy atom. The highest BCUT2D eigenvalue weighted by Gasteiger charge is 2.50. The molecule has 2 saturated carbocycles. The summed E-state index contributed by atoms with van der Waals surface area (Å²) in [5.41, 5.74) is 4.28. The molecule has 2 N–H and O–H groups in total. The van der Waals surface area contributed by atoms with E-state index in [0.29, 0.717) is 0 Å². The van der Waals surface area contributed by atoms with Crippen molar-refractivity contribution in [2.75, 3.05) is 0 Å². The van der Waals surface area contributed by atoms with Gasteiger partial charge in [-0.3, -0.25) is 9.59 Å². The third-order valence-electron chi connectivity index (χ3n) is 6.63. The molecule has 1 aromatic rings. The van der Waals surface area contributed by atoms with E-state index in [2.05, 4.69) is 26.0 Å². The van der Waals surface area contributed by atoms with Gasteiger partial charge in [-0.1, -0.05) is 12.1 Å². The molecule has 2 aliphatic carbocycles. The molecule has 2 fully saturated rings. The molecule has 0 aliphatic heterocycles. The lowest BCUT2D eigenvalue weighted by atomic mass is 9.90. The lowest BCUT2D eigenvalue weighted by molar-refractivity contribution is -0.144. The second kappa shape index (κ2) is 7.05. The molecule has 4 heteroatoms. The molecular formula is C22H30O4. The minimum atomic E-state index is -0.638. The van der Waals surface area contributed by atoms with Crippen LogP contribution < -0.4 is 0 Å². The average Bonchev–Trinajstić information content (AvgIpc) is 3.47. The van der Waals surface area contributed by atoms with Crippen LogP contribution in [-0.2, 0) is 22.4 Å². The Morgan fingerprint density at radius 1 is 0.808 bits per heavy atom. The van der Waals surface area contributed by atoms with E-state index < -0.39 is 22.8 Å². The van der Waals surface area contributed by atoms with Gasteiger partial charge in [-0.2, -0.15) is 0 Å². The van der Waals surface area contributed by atoms with Gasteiger partial charge in [0.1, 0.15) is 0 Å². The summed E-state index contributed by atoms with van der Waals surface area (Å²) >= 11 is 0. The van der Waals surface area contributed by atoms with E-state index in [1.165, 1.54) is 22.3 Å². The Balaban J connectivity index is 1.60. The quantitative estimate of drug-likeness (QED) is 0.637. The second-order valence-electron chi connectivity index (χ2n) is 8.58. The smallest absolute Gasteiger partial charge is 0.309 e. The van der Waals surface area contributed by atoms with Gasteiger partial charge in [-0.15, -0.1) is 0 Å². The summed E-state index contributed by atoms with van der Waals surface area (Å²) in [4.78, 5) is 22.7. The summed E-state index contributed by atoms with van der Waals surface area (Å²) in [6.07, 6.45) is 8.43. The number of carboxylic acid groups (broad SMARTS) is 2. The Morgan fingerprint density at radius 3 is 1.42 bits per heavy atom. The summed E-state index contributed by atoms with van der Waals surface area (Å²) < 4.78 is 0. The number of aliphatic carboxylic acids is 2. The van der Waals surface area contributed by atoms with Crippen molar-refractivity contribution in [2.24, 2.45) is 10.8 Å². The van der Waals surface area contributed by atoms with Crippen LogP contribution in [0.1, 0.15) is 73.6 Å². The highest BCUT2D eigenvalue weighted by atomic mass is 16.4. The molecule has 0 spiro atoms. The summed E-state index contributed by atoms with van der Waals surface area (Å²) in [5.74, 6) is -1.28. The minimum absolute atomic E-state index is 0.445. The van der Waals surface area contributed by atoms with Crippen LogP contribution in [0.2, 0.25) is 0 Å². The molecule has 1 aromatic carbocycles. The van der Waals surface area contributed by atoms with Crippen LogP contribution >= 0.6 is 0 Å². The summed E-state index contributed by atoms with van der Waals surface area (Å²) in [6, 6.07) is 4.49. The van der Waals surface area contributed by atoms with E-state index in [1.807, 2.05) is 0 Å². The first kappa shape index (κ1) is 18.9. The predicted octanol–water partition coefficient (Wildman–Crippen LogP) is 4.68. The lowest BCUT2D eigenvalue weighted by Gasteiger charge is -2.16. The van der Waals surface area contributed by atoms with Crippen LogP contribution in [0.15, 0.2) is 12.1 Å². The van der Waals surface area contributed by atoms with Gasteiger partial charge in [0.25, 0.3) is 0 Å². The average molecular weight is 358 g/mol. The Kier molecular flexibility index (Phi) is 5.14. The van der Waals surface area contributed by atoms with Gasteiger partial charge in [0.05, 0.1) is 10.8 Å². The number of hydrogen-bond donors (Lipinski definition) is 2. The molecule has 0 amide bonds. The van der Waals surface area contributed by atoms with E-state index in [9.17, 15) is 19.8 Å². The van der Waals surface area contributed by atoms with Gasteiger partial charge < -0.3 is 10.2 Å². The largest absolute Gasteiger partial charge is 0.481 e. The minimum Gasteiger partial charge on any atom is -0.481 e. The van der Waals surface area contributed by atoms with E-state index in [4.69, 9.17) is 0 Å². The SMILES string of the molecule is Cc1cc(CCCC2(C(=O)O)CC2)c(CCCC2(C(=O)O)CC2)cc1C. The normalized spacial score (nSPS) is 19.2. The molecular weight excluding hydrogens is 328 g/mol. The molecule has 0 unspecified atom stereocenters. The molecule has 0 radical (unpaired) electrons. The van der Waals surface area contributed by atoms with Crippen molar-refractivity contribution >= 4 is 11.9 Å². The fourth-order valence-corrected chi connectivity index (χ4v) is 4.08. The van der Waals surface area contributed by atoms with Crippen LogP contribution in [0.3, 0.4) is 0 Å². The van der Waals surface area contributed by atoms with Crippen molar-refractivity contribution in [2.45, 2.75) is 78.1 Å². The monoisotopic (exact) mass is 358 g/mol. The Hall–Kier alpha value is -1.84. The zero-order valence-electron chi connectivity index (χ0n) is 15.9. The van der Waals surface area contributed by atoms with Gasteiger partial charge in [0.2, 0.25) is 0 Å². The molecule has 4 nitrogen and oxygen atoms in total. The molecule has 0 atom stereocenters. The Bertz CT molecular complexity index is 650. The first-order chi connectivity index (χ1) is 12.3. The van der Waals surface area contributed by atoms with Crippen LogP contribution in [0.25, 0.3) is 0 Å². The number of rotatable bonds is 10. The van der Waals surface area contributed by atoms with E-state index >= 15 is 0 Å². The first-order valence-electron chi connectivity index (χ1n) is 9.84. The molecule has 142 valence electrons. The van der Waals surface area contributed by atoms with Crippen molar-refractivity contribution in [3.05, 3.63) is 34.4 Å². The van der Waals surface area contributed by atoms with Gasteiger partial charge in [0, 0.05) is 0 Å². The van der Waals surface area contributed by atoms with Gasteiger partial charge in [0.15, 0.2) is 0 Å². The number of hydrogen-bond acceptors (Lipinski definition) is 2. The molecule has 0 saturated heterocycles. The van der Waals surface area contributed by atoms with Crippen LogP contribution in [-0.4, -0.2) is 22.2 Å². The summed E-state index contributed by atoms with van der Waals surface area (Å²) in [7, 11) is 0. The van der Waals surface area contributed by atoms with E-state index in [0.717, 1.165) is 64.2 Å². The maximum absolute atomic E-state index is 11.3. The maximum atomic E-state index is 11.3. The second-order valence-corrected chi connectivity index (χ2v) is 8.58. The van der Waals surface area contributed by atoms with Crippen molar-refractivity contribution in [1.29, 1.82) is 0 Å². The topological polar surface area (TPSA) is 74.6 Å². The Labute approximate surface area is 155 Å². The van der Waals surface area contributed by atoms with Crippen LogP contribution in [0.4, 0.5) is 0 Å². The summed E-state index contributed by atoms with van der Waals surface area (Å²) in [5, 5.41) is 18.7. The maximum Gasteiger partial charge on any atom is 0.309 e. The standard InChI is InChI=1S/C22H30O4/c1-15-13-17(5-3-7-21(9-10-21)19(23)24)18(14-16(15)2)6-4-8-22(11-12-22)20(25)26/h13-14H,3-12H2,1-2H3,(H,23,24)(H,25,26). The zero-order valence-corrected chi connectivity index (χ0v) is 15.9. The van der Waals surface area contributed by atoms with Crippen molar-refractivity contribution in [3.63, 3.8) is 0 Å². The molecule has 0 aromatic heterocycles. The molecule has 0 heterocycles. The number of carbonyl (C=O) groups is 2. The fraction of sp³-hybridized carbons (Fsp3) is 0.636. The summed E-state index contributed by atoms with van der Waals surface area (Å²) in [6.45, 7) is 4.23. The van der Waals surface area contributed by atoms with Gasteiger partial charge >= 0.3 is 11.9 Å². The molecule has 2 aliphatic rings. The lowest BCUT2D eigenvalue weighted by Crippen LogP contribution is -2.15. The van der Waals surface area contributed by atoms with Crippen molar-refractivity contribution in [3.8, 4) is 0 Å². The van der Waals surface area contributed by atoms with Crippen LogP contribution in [0.5, 0.6) is 0 Å². The molecule has 0 bridgehead atoms. The molecule has 26 heavy (non-hydrogen) atoms. The predicted molar refractivity (Wildman–Crippen MR) is 100 cm³/mol. The van der Waals surface area contributed by atoms with Gasteiger partial charge in [-0.25, -0.2) is 0 Å². The van der Waals surface area contributed by atoms with Crippen LogP contribution in [0, 0.1) is 24.7 Å².